The molecule has 5 rings (SSSR count). The SMILES string of the molecule is O=C(/C=C/c1cc(Cl)ccc1-n1cc(OC(=O)O)nn1)N[C@@H](Cc1ccccc1)c1nc(-c2cc[nH]c(=O)c2)c(Cl)[nH]1. The molecule has 3 aromatic heterocycles. The van der Waals surface area contributed by atoms with Gasteiger partial charge in [0.15, 0.2) is 0 Å². The highest BCUT2D eigenvalue weighted by Crippen LogP contribution is 2.28. The van der Waals surface area contributed by atoms with Crippen molar-refractivity contribution in [2.45, 2.75) is 12.5 Å². The third-order valence-corrected chi connectivity index (χ3v) is 6.48. The zero-order chi connectivity index (χ0) is 29.6. The van der Waals surface area contributed by atoms with E-state index in [4.69, 9.17) is 28.3 Å². The summed E-state index contributed by atoms with van der Waals surface area (Å²) < 4.78 is 5.83. The molecule has 0 aliphatic carbocycles. The van der Waals surface area contributed by atoms with Crippen molar-refractivity contribution >= 4 is 41.3 Å². The number of imidazole rings is 1. The van der Waals surface area contributed by atoms with Gasteiger partial charge in [0.25, 0.3) is 5.88 Å². The predicted molar refractivity (Wildman–Crippen MR) is 155 cm³/mol. The summed E-state index contributed by atoms with van der Waals surface area (Å²) in [6.07, 6.45) is 4.51. The second-order valence-electron chi connectivity index (χ2n) is 8.88. The van der Waals surface area contributed by atoms with E-state index in [9.17, 15) is 14.4 Å². The van der Waals surface area contributed by atoms with Crippen molar-refractivity contribution in [1.82, 2.24) is 35.3 Å². The second-order valence-corrected chi connectivity index (χ2v) is 9.70. The van der Waals surface area contributed by atoms with Crippen molar-refractivity contribution in [3.05, 3.63) is 117 Å². The Bertz CT molecular complexity index is 1830. The molecule has 0 radical (unpaired) electrons. The van der Waals surface area contributed by atoms with E-state index in [1.165, 1.54) is 35.3 Å². The molecule has 0 aliphatic rings. The van der Waals surface area contributed by atoms with Crippen LogP contribution >= 0.6 is 23.2 Å². The number of amides is 1. The lowest BCUT2D eigenvalue weighted by atomic mass is 10.1. The molecule has 5 aromatic rings. The summed E-state index contributed by atoms with van der Waals surface area (Å²) in [5.74, 6) is -0.260. The molecule has 0 spiro atoms. The van der Waals surface area contributed by atoms with Crippen molar-refractivity contribution < 1.29 is 19.4 Å². The summed E-state index contributed by atoms with van der Waals surface area (Å²) >= 11 is 12.6. The van der Waals surface area contributed by atoms with E-state index in [0.29, 0.717) is 39.8 Å². The Morgan fingerprint density at radius 3 is 2.69 bits per heavy atom. The van der Waals surface area contributed by atoms with Crippen LogP contribution in [0.5, 0.6) is 5.88 Å². The number of aromatic nitrogens is 6. The highest BCUT2D eigenvalue weighted by Gasteiger charge is 2.21. The first kappa shape index (κ1) is 28.3. The van der Waals surface area contributed by atoms with Crippen LogP contribution in [-0.4, -0.2) is 47.1 Å². The number of hydrogen-bond donors (Lipinski definition) is 4. The molecule has 0 unspecified atom stereocenters. The molecule has 2 aromatic carbocycles. The van der Waals surface area contributed by atoms with Gasteiger partial charge in [-0.15, -0.1) is 0 Å². The maximum absolute atomic E-state index is 13.2. The standard InChI is InChI=1S/C28H21Cl2N7O5/c29-19-7-8-21(37-15-24(35-36-37)42-28(40)41)17(13-19)6-9-22(38)32-20(12-16-4-2-1-3-5-16)27-33-25(26(30)34-27)18-10-11-31-23(39)14-18/h1-11,13-15,20H,12H2,(H,31,39)(H,32,38)(H,33,34)(H,40,41)/b9-6+/t20-/m0/s1. The van der Waals surface area contributed by atoms with Crippen molar-refractivity contribution in [3.63, 3.8) is 0 Å². The Balaban J connectivity index is 1.41. The quantitative estimate of drug-likeness (QED) is 0.137. The van der Waals surface area contributed by atoms with Gasteiger partial charge >= 0.3 is 6.16 Å². The number of carboxylic acid groups (broad SMARTS) is 1. The first-order valence-corrected chi connectivity index (χ1v) is 13.1. The van der Waals surface area contributed by atoms with Gasteiger partial charge in [-0.3, -0.25) is 9.59 Å². The maximum Gasteiger partial charge on any atom is 0.512 e. The summed E-state index contributed by atoms with van der Waals surface area (Å²) in [6, 6.07) is 16.8. The number of nitrogens with zero attached hydrogens (tertiary/aromatic N) is 4. The van der Waals surface area contributed by atoms with Crippen molar-refractivity contribution in [3.8, 4) is 22.8 Å². The van der Waals surface area contributed by atoms with E-state index < -0.39 is 18.1 Å². The molecule has 12 nitrogen and oxygen atoms in total. The van der Waals surface area contributed by atoms with Crippen LogP contribution in [0, 0.1) is 0 Å². The number of rotatable bonds is 9. The van der Waals surface area contributed by atoms with E-state index in [0.717, 1.165) is 5.56 Å². The molecule has 0 bridgehead atoms. The number of ether oxygens (including phenoxy) is 1. The molecule has 3 heterocycles. The minimum atomic E-state index is -1.53. The largest absolute Gasteiger partial charge is 0.512 e. The van der Waals surface area contributed by atoms with Crippen LogP contribution in [0.1, 0.15) is 23.0 Å². The van der Waals surface area contributed by atoms with Gasteiger partial charge in [-0.25, -0.2) is 14.5 Å². The van der Waals surface area contributed by atoms with Gasteiger partial charge in [0.2, 0.25) is 11.5 Å². The number of halogens is 2. The highest BCUT2D eigenvalue weighted by molar-refractivity contribution is 6.32. The lowest BCUT2D eigenvalue weighted by Gasteiger charge is -2.16. The molecule has 14 heteroatoms. The van der Waals surface area contributed by atoms with Crippen LogP contribution in [-0.2, 0) is 11.2 Å². The second kappa shape index (κ2) is 12.5. The third-order valence-electron chi connectivity index (χ3n) is 5.97. The molecule has 0 aliphatic heterocycles. The highest BCUT2D eigenvalue weighted by atomic mass is 35.5. The van der Waals surface area contributed by atoms with E-state index in [-0.39, 0.29) is 16.6 Å². The van der Waals surface area contributed by atoms with E-state index in [1.807, 2.05) is 30.3 Å². The fourth-order valence-corrected chi connectivity index (χ4v) is 4.57. The molecule has 1 atom stereocenters. The van der Waals surface area contributed by atoms with Crippen LogP contribution < -0.4 is 15.6 Å². The van der Waals surface area contributed by atoms with Gasteiger partial charge in [-0.2, -0.15) is 0 Å². The number of hydrogen-bond acceptors (Lipinski definition) is 7. The average molecular weight is 606 g/mol. The number of H-pyrrole nitrogens is 2. The monoisotopic (exact) mass is 605 g/mol. The number of pyridine rings is 1. The van der Waals surface area contributed by atoms with Crippen LogP contribution in [0.4, 0.5) is 4.79 Å². The maximum atomic E-state index is 13.2. The van der Waals surface area contributed by atoms with Crippen LogP contribution in [0.2, 0.25) is 10.2 Å². The fraction of sp³-hybridized carbons (Fsp3) is 0.0714. The lowest BCUT2D eigenvalue weighted by molar-refractivity contribution is -0.117. The van der Waals surface area contributed by atoms with Crippen molar-refractivity contribution in [2.75, 3.05) is 0 Å². The van der Waals surface area contributed by atoms with Gasteiger partial charge in [0, 0.05) is 34.5 Å². The summed E-state index contributed by atoms with van der Waals surface area (Å²) in [5, 5.41) is 20.0. The van der Waals surface area contributed by atoms with Crippen LogP contribution in [0.15, 0.2) is 83.9 Å². The van der Waals surface area contributed by atoms with Gasteiger partial charge in [-0.05, 0) is 42.3 Å². The topological polar surface area (TPSA) is 168 Å². The van der Waals surface area contributed by atoms with E-state index in [2.05, 4.69) is 35.3 Å². The Labute approximate surface area is 247 Å². The molecule has 212 valence electrons. The minimum absolute atomic E-state index is 0.217. The summed E-state index contributed by atoms with van der Waals surface area (Å²) in [6.45, 7) is 0. The Hall–Kier alpha value is -5.20. The van der Waals surface area contributed by atoms with Crippen molar-refractivity contribution in [2.24, 2.45) is 0 Å². The fourth-order valence-electron chi connectivity index (χ4n) is 4.14. The molecule has 0 saturated carbocycles. The van der Waals surface area contributed by atoms with E-state index >= 15 is 0 Å². The Kier molecular flexibility index (Phi) is 8.46. The zero-order valence-corrected chi connectivity index (χ0v) is 23.0. The van der Waals surface area contributed by atoms with Gasteiger partial charge in [-0.1, -0.05) is 63.8 Å². The number of aromatic amines is 2. The summed E-state index contributed by atoms with van der Waals surface area (Å²) in [4.78, 5) is 46.0. The zero-order valence-electron chi connectivity index (χ0n) is 21.5. The van der Waals surface area contributed by atoms with Gasteiger partial charge in [0.1, 0.15) is 16.7 Å². The molecule has 0 saturated heterocycles. The van der Waals surface area contributed by atoms with E-state index in [1.54, 1.807) is 24.3 Å². The molecule has 4 N–H and O–H groups in total. The number of carbonyl (C=O) groups excluding carboxylic acids is 1. The van der Waals surface area contributed by atoms with Crippen molar-refractivity contribution in [1.29, 1.82) is 0 Å². The summed E-state index contributed by atoms with van der Waals surface area (Å²) in [5.41, 5.74) is 2.51. The van der Waals surface area contributed by atoms with Gasteiger partial charge in [0.05, 0.1) is 17.9 Å². The van der Waals surface area contributed by atoms with Crippen LogP contribution in [0.25, 0.3) is 23.0 Å². The number of benzene rings is 2. The van der Waals surface area contributed by atoms with Gasteiger partial charge < -0.3 is 25.1 Å². The Morgan fingerprint density at radius 1 is 1.12 bits per heavy atom. The minimum Gasteiger partial charge on any atom is -0.449 e. The first-order valence-electron chi connectivity index (χ1n) is 12.4. The molecule has 1 amide bonds. The normalized spacial score (nSPS) is 11.9. The molecule has 0 fully saturated rings. The predicted octanol–water partition coefficient (Wildman–Crippen LogP) is 4.82. The van der Waals surface area contributed by atoms with Crippen LogP contribution in [0.3, 0.4) is 0 Å². The molecular weight excluding hydrogens is 585 g/mol. The molecular formula is C28H21Cl2N7O5. The lowest BCUT2D eigenvalue weighted by Crippen LogP contribution is -2.29. The number of carbonyl (C=O) groups is 2. The third kappa shape index (κ3) is 6.92. The smallest absolute Gasteiger partial charge is 0.449 e. The average Bonchev–Trinajstić information content (AvgIpc) is 3.58. The number of nitrogens with one attached hydrogen (secondary N) is 3. The Morgan fingerprint density at radius 2 is 1.93 bits per heavy atom. The first-order chi connectivity index (χ1) is 20.2. The summed E-state index contributed by atoms with van der Waals surface area (Å²) in [7, 11) is 0. The molecule has 42 heavy (non-hydrogen) atoms.